The number of amides is 1. The number of fused-ring (bicyclic) bond motifs is 1. The largest absolute Gasteiger partial charge is 0.325 e. The first-order chi connectivity index (χ1) is 12.0. The fourth-order valence-electron chi connectivity index (χ4n) is 2.57. The maximum Gasteiger partial charge on any atom is 0.234 e. The fraction of sp³-hybridized carbons (Fsp3) is 0.316. The van der Waals surface area contributed by atoms with Crippen molar-refractivity contribution in [2.24, 2.45) is 0 Å². The summed E-state index contributed by atoms with van der Waals surface area (Å²) in [5.74, 6) is 1.05. The van der Waals surface area contributed by atoms with Gasteiger partial charge in [0, 0.05) is 16.0 Å². The third kappa shape index (κ3) is 4.02. The molecule has 0 saturated carbocycles. The highest BCUT2D eigenvalue weighted by Crippen LogP contribution is 2.35. The Bertz CT molecular complexity index is 917. The molecule has 1 N–H and O–H groups in total. The molecule has 25 heavy (non-hydrogen) atoms. The van der Waals surface area contributed by atoms with Gasteiger partial charge in [0.15, 0.2) is 0 Å². The molecule has 2 aromatic heterocycles. The number of nitrogens with one attached hydrogen (secondary N) is 1. The molecular formula is C19H21N3OS2. The second-order valence-corrected chi connectivity index (χ2v) is 8.09. The molecule has 0 spiro atoms. The van der Waals surface area contributed by atoms with E-state index in [-0.39, 0.29) is 5.91 Å². The monoisotopic (exact) mass is 371 g/mol. The summed E-state index contributed by atoms with van der Waals surface area (Å²) in [7, 11) is 0. The van der Waals surface area contributed by atoms with E-state index in [0.29, 0.717) is 5.75 Å². The Balaban J connectivity index is 1.72. The van der Waals surface area contributed by atoms with Gasteiger partial charge in [-0.1, -0.05) is 30.8 Å². The number of aryl methyl sites for hydroxylation is 4. The summed E-state index contributed by atoms with van der Waals surface area (Å²) < 4.78 is 0. The summed E-state index contributed by atoms with van der Waals surface area (Å²) in [6, 6.07) is 7.97. The van der Waals surface area contributed by atoms with Crippen LogP contribution in [0.15, 0.2) is 29.3 Å². The van der Waals surface area contributed by atoms with E-state index in [4.69, 9.17) is 0 Å². The highest BCUT2D eigenvalue weighted by molar-refractivity contribution is 8.00. The van der Waals surface area contributed by atoms with Gasteiger partial charge in [-0.05, 0) is 50.5 Å². The lowest BCUT2D eigenvalue weighted by molar-refractivity contribution is -0.113. The van der Waals surface area contributed by atoms with Crippen molar-refractivity contribution in [2.45, 2.75) is 39.1 Å². The van der Waals surface area contributed by atoms with E-state index in [1.54, 1.807) is 11.3 Å². The number of hydrogen-bond donors (Lipinski definition) is 1. The Hall–Kier alpha value is -1.92. The Kier molecular flexibility index (Phi) is 5.39. The van der Waals surface area contributed by atoms with Crippen molar-refractivity contribution in [3.05, 3.63) is 46.1 Å². The van der Waals surface area contributed by atoms with Crippen LogP contribution in [0.2, 0.25) is 0 Å². The number of benzene rings is 1. The van der Waals surface area contributed by atoms with Gasteiger partial charge < -0.3 is 5.32 Å². The maximum atomic E-state index is 12.3. The Morgan fingerprint density at radius 1 is 1.16 bits per heavy atom. The Morgan fingerprint density at radius 3 is 2.56 bits per heavy atom. The highest BCUT2D eigenvalue weighted by atomic mass is 32.2. The number of carbonyl (C=O) groups excluding carboxylic acids is 1. The van der Waals surface area contributed by atoms with Crippen molar-refractivity contribution in [1.29, 1.82) is 0 Å². The number of rotatable bonds is 5. The molecule has 0 saturated heterocycles. The third-order valence-corrected chi connectivity index (χ3v) is 6.17. The summed E-state index contributed by atoms with van der Waals surface area (Å²) >= 11 is 3.15. The molecule has 3 rings (SSSR count). The predicted molar refractivity (Wildman–Crippen MR) is 107 cm³/mol. The van der Waals surface area contributed by atoms with Crippen molar-refractivity contribution in [1.82, 2.24) is 9.97 Å². The second kappa shape index (κ2) is 7.54. The zero-order valence-electron chi connectivity index (χ0n) is 14.8. The van der Waals surface area contributed by atoms with Crippen LogP contribution in [0.5, 0.6) is 0 Å². The van der Waals surface area contributed by atoms with Gasteiger partial charge in [-0.3, -0.25) is 4.79 Å². The van der Waals surface area contributed by atoms with Gasteiger partial charge in [-0.15, -0.1) is 11.3 Å². The van der Waals surface area contributed by atoms with Crippen LogP contribution in [0.25, 0.3) is 10.2 Å². The molecule has 0 aliphatic rings. The number of nitrogens with zero attached hydrogens (tertiary/aromatic N) is 2. The molecule has 0 radical (unpaired) electrons. The Labute approximate surface area is 156 Å². The lowest BCUT2D eigenvalue weighted by atomic mass is 10.1. The summed E-state index contributed by atoms with van der Waals surface area (Å²) in [6.07, 6.45) is 0.993. The molecule has 3 aromatic rings. The van der Waals surface area contributed by atoms with Crippen molar-refractivity contribution in [3.63, 3.8) is 0 Å². The first-order valence-electron chi connectivity index (χ1n) is 8.24. The smallest absolute Gasteiger partial charge is 0.234 e. The van der Waals surface area contributed by atoms with Crippen LogP contribution in [0.1, 0.15) is 28.8 Å². The van der Waals surface area contributed by atoms with Gasteiger partial charge in [0.1, 0.15) is 15.7 Å². The first-order valence-corrected chi connectivity index (χ1v) is 10.0. The van der Waals surface area contributed by atoms with E-state index in [9.17, 15) is 4.79 Å². The van der Waals surface area contributed by atoms with Gasteiger partial charge in [0.2, 0.25) is 5.91 Å². The van der Waals surface area contributed by atoms with E-state index in [1.165, 1.54) is 27.8 Å². The van der Waals surface area contributed by atoms with Gasteiger partial charge in [-0.25, -0.2) is 9.97 Å². The highest BCUT2D eigenvalue weighted by Gasteiger charge is 2.15. The fourth-order valence-corrected chi connectivity index (χ4v) is 4.64. The van der Waals surface area contributed by atoms with Crippen LogP contribution in [0.4, 0.5) is 5.69 Å². The summed E-state index contributed by atoms with van der Waals surface area (Å²) in [4.78, 5) is 23.6. The first kappa shape index (κ1) is 17.9. The molecule has 0 aliphatic heterocycles. The summed E-state index contributed by atoms with van der Waals surface area (Å²) in [5, 5.41) is 4.92. The second-order valence-electron chi connectivity index (χ2n) is 5.93. The average molecular weight is 372 g/mol. The lowest BCUT2D eigenvalue weighted by Crippen LogP contribution is -2.14. The summed E-state index contributed by atoms with van der Waals surface area (Å²) in [6.45, 7) is 8.19. The van der Waals surface area contributed by atoms with Gasteiger partial charge in [0.25, 0.3) is 0 Å². The molecule has 0 aliphatic carbocycles. The number of aromatic nitrogens is 2. The molecule has 0 atom stereocenters. The minimum atomic E-state index is -0.0248. The predicted octanol–water partition coefficient (Wildman–Crippen LogP) is 4.91. The topological polar surface area (TPSA) is 54.9 Å². The van der Waals surface area contributed by atoms with E-state index in [1.807, 2.05) is 31.2 Å². The molecule has 6 heteroatoms. The number of anilines is 1. The molecule has 130 valence electrons. The molecule has 0 fully saturated rings. The van der Waals surface area contributed by atoms with E-state index < -0.39 is 0 Å². The average Bonchev–Trinajstić information content (AvgIpc) is 2.87. The van der Waals surface area contributed by atoms with Gasteiger partial charge >= 0.3 is 0 Å². The quantitative estimate of drug-likeness (QED) is 0.511. The lowest BCUT2D eigenvalue weighted by Gasteiger charge is -2.07. The normalized spacial score (nSPS) is 11.0. The molecule has 0 unspecified atom stereocenters. The molecule has 4 nitrogen and oxygen atoms in total. The Morgan fingerprint density at radius 2 is 1.88 bits per heavy atom. The van der Waals surface area contributed by atoms with Crippen LogP contribution in [0.3, 0.4) is 0 Å². The minimum Gasteiger partial charge on any atom is -0.325 e. The third-order valence-electron chi connectivity index (χ3n) is 4.09. The van der Waals surface area contributed by atoms with Crippen molar-refractivity contribution in [2.75, 3.05) is 11.1 Å². The van der Waals surface area contributed by atoms with Crippen molar-refractivity contribution in [3.8, 4) is 0 Å². The van der Waals surface area contributed by atoms with Gasteiger partial charge in [0.05, 0.1) is 5.75 Å². The summed E-state index contributed by atoms with van der Waals surface area (Å²) in [5.41, 5.74) is 3.29. The standard InChI is InChI=1S/C19H21N3OS2/c1-5-14-6-8-15(9-7-14)22-16(23)10-24-18-17-11(2)12(3)25-19(17)21-13(4)20-18/h6-9H,5,10H2,1-4H3,(H,22,23). The van der Waals surface area contributed by atoms with E-state index >= 15 is 0 Å². The number of hydrogen-bond acceptors (Lipinski definition) is 5. The van der Waals surface area contributed by atoms with Crippen molar-refractivity contribution >= 4 is 44.9 Å². The number of carbonyl (C=O) groups is 1. The van der Waals surface area contributed by atoms with Gasteiger partial charge in [-0.2, -0.15) is 0 Å². The molecule has 0 bridgehead atoms. The molecule has 1 aromatic carbocycles. The molecule has 1 amide bonds. The zero-order chi connectivity index (χ0) is 18.0. The number of thioether (sulfide) groups is 1. The van der Waals surface area contributed by atoms with E-state index in [2.05, 4.69) is 36.1 Å². The molecular weight excluding hydrogens is 350 g/mol. The van der Waals surface area contributed by atoms with Crippen LogP contribution < -0.4 is 5.32 Å². The zero-order valence-corrected chi connectivity index (χ0v) is 16.5. The maximum absolute atomic E-state index is 12.3. The molecule has 2 heterocycles. The SMILES string of the molecule is CCc1ccc(NC(=O)CSc2nc(C)nc3sc(C)c(C)c23)cc1. The van der Waals surface area contributed by atoms with Crippen LogP contribution in [-0.2, 0) is 11.2 Å². The van der Waals surface area contributed by atoms with E-state index in [0.717, 1.165) is 33.2 Å². The van der Waals surface area contributed by atoms with Crippen LogP contribution in [-0.4, -0.2) is 21.6 Å². The minimum absolute atomic E-state index is 0.0248. The number of thiophene rings is 1. The van der Waals surface area contributed by atoms with Crippen LogP contribution in [0, 0.1) is 20.8 Å². The van der Waals surface area contributed by atoms with Crippen LogP contribution >= 0.6 is 23.1 Å². The van der Waals surface area contributed by atoms with Crippen molar-refractivity contribution < 1.29 is 4.79 Å².